The fraction of sp³-hybridized carbons (Fsp3) is 0.292. The molecule has 0 aliphatic rings. The summed E-state index contributed by atoms with van der Waals surface area (Å²) in [5.74, 6) is 0.831. The minimum absolute atomic E-state index is 0.0572. The molecule has 2 aromatic heterocycles. The fourth-order valence-electron chi connectivity index (χ4n) is 3.81. The van der Waals surface area contributed by atoms with Gasteiger partial charge >= 0.3 is 0 Å². The Hall–Kier alpha value is -3.26. The third-order valence-electron chi connectivity index (χ3n) is 5.56. The Morgan fingerprint density at radius 3 is 2.62 bits per heavy atom. The molecule has 0 saturated heterocycles. The maximum atomic E-state index is 13.4. The highest BCUT2D eigenvalue weighted by Crippen LogP contribution is 2.30. The predicted molar refractivity (Wildman–Crippen MR) is 130 cm³/mol. The summed E-state index contributed by atoms with van der Waals surface area (Å²) in [5, 5.41) is 1.41. The van der Waals surface area contributed by atoms with Crippen LogP contribution < -0.4 is 15.2 Å². The maximum absolute atomic E-state index is 13.4. The molecule has 2 heterocycles. The van der Waals surface area contributed by atoms with Gasteiger partial charge in [-0.3, -0.25) is 14.2 Å². The number of aromatic nitrogens is 3. The third kappa shape index (κ3) is 3.86. The monoisotopic (exact) mass is 450 g/mol. The van der Waals surface area contributed by atoms with Crippen molar-refractivity contribution in [2.75, 3.05) is 24.8 Å². The van der Waals surface area contributed by atoms with Gasteiger partial charge in [0.15, 0.2) is 5.16 Å². The lowest BCUT2D eigenvalue weighted by Gasteiger charge is -2.17. The van der Waals surface area contributed by atoms with Crippen LogP contribution in [-0.2, 0) is 18.4 Å². The standard InChI is InChI=1S/C24H26N4O3S/c1-5-13-28-23(30)22-21(18-14-17(31-4)11-12-19(18)27(22)3)25-24(28)32-15-20(29)26(2)16-9-7-6-8-10-16/h6-12,14H,5,13,15H2,1-4H3. The Labute approximate surface area is 190 Å². The summed E-state index contributed by atoms with van der Waals surface area (Å²) in [6.07, 6.45) is 0.788. The number of methoxy groups -OCH3 is 1. The van der Waals surface area contributed by atoms with Crippen LogP contribution in [0, 0.1) is 0 Å². The Balaban J connectivity index is 1.76. The predicted octanol–water partition coefficient (Wildman–Crippen LogP) is 4.06. The Kier molecular flexibility index (Phi) is 6.23. The quantitative estimate of drug-likeness (QED) is 0.314. The molecule has 0 unspecified atom stereocenters. The molecule has 0 radical (unpaired) electrons. The highest BCUT2D eigenvalue weighted by atomic mass is 32.2. The Morgan fingerprint density at radius 1 is 1.19 bits per heavy atom. The summed E-state index contributed by atoms with van der Waals surface area (Å²) in [7, 11) is 5.25. The van der Waals surface area contributed by atoms with E-state index in [1.807, 2.05) is 67.1 Å². The van der Waals surface area contributed by atoms with Gasteiger partial charge in [0.2, 0.25) is 5.91 Å². The second kappa shape index (κ2) is 9.08. The molecule has 4 rings (SSSR count). The zero-order valence-corrected chi connectivity index (χ0v) is 19.5. The number of rotatable bonds is 7. The number of carbonyl (C=O) groups is 1. The number of thioether (sulfide) groups is 1. The second-order valence-corrected chi connectivity index (χ2v) is 8.51. The zero-order valence-electron chi connectivity index (χ0n) is 18.7. The van der Waals surface area contributed by atoms with Gasteiger partial charge in [-0.2, -0.15) is 0 Å². The van der Waals surface area contributed by atoms with E-state index in [1.165, 1.54) is 11.8 Å². The molecular weight excluding hydrogens is 424 g/mol. The van der Waals surface area contributed by atoms with E-state index in [9.17, 15) is 9.59 Å². The van der Waals surface area contributed by atoms with Crippen molar-refractivity contribution in [1.29, 1.82) is 0 Å². The van der Waals surface area contributed by atoms with Crippen LogP contribution in [0.15, 0.2) is 58.5 Å². The molecule has 0 fully saturated rings. The molecule has 0 aliphatic carbocycles. The smallest absolute Gasteiger partial charge is 0.278 e. The topological polar surface area (TPSA) is 69.4 Å². The van der Waals surface area contributed by atoms with Crippen LogP contribution in [0.2, 0.25) is 0 Å². The highest BCUT2D eigenvalue weighted by Gasteiger charge is 2.20. The number of benzene rings is 2. The number of fused-ring (bicyclic) bond motifs is 3. The van der Waals surface area contributed by atoms with E-state index in [2.05, 4.69) is 0 Å². The van der Waals surface area contributed by atoms with Crippen LogP contribution in [0.4, 0.5) is 5.69 Å². The minimum Gasteiger partial charge on any atom is -0.497 e. The average molecular weight is 451 g/mol. The first-order valence-electron chi connectivity index (χ1n) is 10.5. The fourth-order valence-corrected chi connectivity index (χ4v) is 4.74. The summed E-state index contributed by atoms with van der Waals surface area (Å²) in [4.78, 5) is 32.7. The molecule has 0 bridgehead atoms. The molecule has 0 spiro atoms. The molecule has 0 aliphatic heterocycles. The van der Waals surface area contributed by atoms with Crippen molar-refractivity contribution in [3.63, 3.8) is 0 Å². The van der Waals surface area contributed by atoms with Gasteiger partial charge in [0.05, 0.1) is 18.4 Å². The molecule has 0 atom stereocenters. The summed E-state index contributed by atoms with van der Waals surface area (Å²) < 4.78 is 8.94. The maximum Gasteiger partial charge on any atom is 0.278 e. The van der Waals surface area contributed by atoms with E-state index in [0.717, 1.165) is 23.0 Å². The molecular formula is C24H26N4O3S. The number of hydrogen-bond donors (Lipinski definition) is 0. The minimum atomic E-state index is -0.0964. The van der Waals surface area contributed by atoms with Crippen LogP contribution in [0.1, 0.15) is 13.3 Å². The lowest BCUT2D eigenvalue weighted by Crippen LogP contribution is -2.29. The van der Waals surface area contributed by atoms with E-state index in [0.29, 0.717) is 28.5 Å². The lowest BCUT2D eigenvalue weighted by atomic mass is 10.2. The average Bonchev–Trinajstić information content (AvgIpc) is 3.10. The molecule has 1 amide bonds. The Bertz CT molecular complexity index is 1340. The second-order valence-electron chi connectivity index (χ2n) is 7.57. The van der Waals surface area contributed by atoms with E-state index in [4.69, 9.17) is 9.72 Å². The highest BCUT2D eigenvalue weighted by molar-refractivity contribution is 7.99. The van der Waals surface area contributed by atoms with Gasteiger partial charge in [0, 0.05) is 31.7 Å². The van der Waals surface area contributed by atoms with Gasteiger partial charge in [0.25, 0.3) is 5.56 Å². The lowest BCUT2D eigenvalue weighted by molar-refractivity contribution is -0.115. The molecule has 166 valence electrons. The number of aryl methyl sites for hydroxylation is 1. The van der Waals surface area contributed by atoms with Crippen molar-refractivity contribution in [2.24, 2.45) is 7.05 Å². The largest absolute Gasteiger partial charge is 0.497 e. The first kappa shape index (κ1) is 22.0. The number of hydrogen-bond acceptors (Lipinski definition) is 5. The molecule has 2 aromatic carbocycles. The van der Waals surface area contributed by atoms with Gasteiger partial charge in [-0.05, 0) is 36.8 Å². The summed E-state index contributed by atoms with van der Waals surface area (Å²) in [6.45, 7) is 2.56. The van der Waals surface area contributed by atoms with Crippen molar-refractivity contribution in [2.45, 2.75) is 25.0 Å². The van der Waals surface area contributed by atoms with E-state index in [1.54, 1.807) is 23.6 Å². The zero-order chi connectivity index (χ0) is 22.8. The SMILES string of the molecule is CCCn1c(SCC(=O)N(C)c2ccccc2)nc2c3cc(OC)ccc3n(C)c2c1=O. The van der Waals surface area contributed by atoms with Gasteiger partial charge in [-0.1, -0.05) is 36.9 Å². The summed E-state index contributed by atoms with van der Waals surface area (Å²) >= 11 is 1.30. The van der Waals surface area contributed by atoms with Crippen molar-refractivity contribution in [3.8, 4) is 5.75 Å². The first-order valence-corrected chi connectivity index (χ1v) is 11.5. The van der Waals surface area contributed by atoms with Crippen molar-refractivity contribution in [1.82, 2.24) is 14.1 Å². The molecule has 0 N–H and O–H groups in total. The summed E-state index contributed by atoms with van der Waals surface area (Å²) in [5.41, 5.74) is 2.83. The van der Waals surface area contributed by atoms with Crippen molar-refractivity contribution in [3.05, 3.63) is 58.9 Å². The summed E-state index contributed by atoms with van der Waals surface area (Å²) in [6, 6.07) is 15.2. The first-order chi connectivity index (χ1) is 15.5. The van der Waals surface area contributed by atoms with Crippen LogP contribution in [0.25, 0.3) is 21.9 Å². The molecule has 7 nitrogen and oxygen atoms in total. The van der Waals surface area contributed by atoms with Gasteiger partial charge in [-0.15, -0.1) is 0 Å². The number of ether oxygens (including phenoxy) is 1. The molecule has 8 heteroatoms. The third-order valence-corrected chi connectivity index (χ3v) is 6.52. The number of anilines is 1. The Morgan fingerprint density at radius 2 is 1.94 bits per heavy atom. The van der Waals surface area contributed by atoms with E-state index >= 15 is 0 Å². The number of carbonyl (C=O) groups excluding carboxylic acids is 1. The van der Waals surface area contributed by atoms with Gasteiger partial charge < -0.3 is 14.2 Å². The molecule has 32 heavy (non-hydrogen) atoms. The van der Waals surface area contributed by atoms with Gasteiger partial charge in [0.1, 0.15) is 16.8 Å². The van der Waals surface area contributed by atoms with Gasteiger partial charge in [-0.25, -0.2) is 4.98 Å². The van der Waals surface area contributed by atoms with Crippen LogP contribution in [0.5, 0.6) is 5.75 Å². The molecule has 0 saturated carbocycles. The van der Waals surface area contributed by atoms with Crippen LogP contribution in [-0.4, -0.2) is 39.9 Å². The van der Waals surface area contributed by atoms with Crippen molar-refractivity contribution >= 4 is 45.3 Å². The number of nitrogens with zero attached hydrogens (tertiary/aromatic N) is 4. The van der Waals surface area contributed by atoms with Crippen LogP contribution >= 0.6 is 11.8 Å². The van der Waals surface area contributed by atoms with E-state index < -0.39 is 0 Å². The van der Waals surface area contributed by atoms with E-state index in [-0.39, 0.29) is 17.2 Å². The normalized spacial score (nSPS) is 11.2. The van der Waals surface area contributed by atoms with Crippen molar-refractivity contribution < 1.29 is 9.53 Å². The number of para-hydroxylation sites is 1. The number of amides is 1. The van der Waals surface area contributed by atoms with Crippen LogP contribution in [0.3, 0.4) is 0 Å². The molecule has 4 aromatic rings.